The van der Waals surface area contributed by atoms with Gasteiger partial charge in [-0.3, -0.25) is 4.79 Å². The average molecular weight is 272 g/mol. The summed E-state index contributed by atoms with van der Waals surface area (Å²) in [6, 6.07) is 5.57. The van der Waals surface area contributed by atoms with Crippen molar-refractivity contribution in [3.05, 3.63) is 29.8 Å². The van der Waals surface area contributed by atoms with Gasteiger partial charge in [0.25, 0.3) is 5.78 Å². The van der Waals surface area contributed by atoms with Crippen molar-refractivity contribution in [3.8, 4) is 5.75 Å². The predicted molar refractivity (Wildman–Crippen MR) is 64.3 cm³/mol. The Morgan fingerprint density at radius 1 is 1.11 bits per heavy atom. The Morgan fingerprint density at radius 3 is 2.37 bits per heavy atom. The highest BCUT2D eigenvalue weighted by Crippen LogP contribution is 2.30. The van der Waals surface area contributed by atoms with Crippen molar-refractivity contribution in [2.24, 2.45) is 0 Å². The summed E-state index contributed by atoms with van der Waals surface area (Å²) in [4.78, 5) is 11.3. The Balaban J connectivity index is 2.18. The quantitative estimate of drug-likeness (QED) is 0.773. The van der Waals surface area contributed by atoms with Crippen molar-refractivity contribution in [2.45, 2.75) is 44.4 Å². The molecular weight excluding hydrogens is 257 g/mol. The molecule has 0 aromatic heterocycles. The smallest absolute Gasteiger partial charge is 0.455 e. The molecule has 0 atom stereocenters. The lowest BCUT2D eigenvalue weighted by Crippen LogP contribution is -2.25. The molecule has 0 amide bonds. The number of Topliss-reactive ketones (excluding diaryl/α,β-unsaturated/α-hetero) is 1. The third kappa shape index (κ3) is 3.49. The molecule has 0 saturated heterocycles. The number of carbonyl (C=O) groups excluding carboxylic acids is 1. The van der Waals surface area contributed by atoms with Crippen LogP contribution in [0.3, 0.4) is 0 Å². The second kappa shape index (κ2) is 5.63. The van der Waals surface area contributed by atoms with Crippen molar-refractivity contribution >= 4 is 5.78 Å². The Hall–Kier alpha value is -1.52. The maximum absolute atomic E-state index is 12.5. The summed E-state index contributed by atoms with van der Waals surface area (Å²) >= 11 is 0. The van der Waals surface area contributed by atoms with Crippen molar-refractivity contribution < 1.29 is 22.7 Å². The highest BCUT2D eigenvalue weighted by molar-refractivity contribution is 6.02. The summed E-state index contributed by atoms with van der Waals surface area (Å²) in [5.74, 6) is -1.81. The highest BCUT2D eigenvalue weighted by atomic mass is 19.4. The third-order valence-corrected chi connectivity index (χ3v) is 3.23. The number of halogens is 3. The van der Waals surface area contributed by atoms with E-state index in [1.165, 1.54) is 12.1 Å². The molecule has 0 unspecified atom stereocenters. The van der Waals surface area contributed by atoms with Crippen molar-refractivity contribution in [1.29, 1.82) is 0 Å². The van der Waals surface area contributed by atoms with E-state index < -0.39 is 17.5 Å². The molecule has 0 spiro atoms. The van der Waals surface area contributed by atoms with Gasteiger partial charge in [-0.05, 0) is 37.8 Å². The summed E-state index contributed by atoms with van der Waals surface area (Å²) in [7, 11) is 0. The summed E-state index contributed by atoms with van der Waals surface area (Å²) in [5.41, 5.74) is -0.402. The molecule has 0 heterocycles. The second-order valence-corrected chi connectivity index (χ2v) is 4.70. The van der Waals surface area contributed by atoms with E-state index in [2.05, 4.69) is 0 Å². The zero-order chi connectivity index (χ0) is 13.9. The van der Waals surface area contributed by atoms with Crippen molar-refractivity contribution in [1.82, 2.24) is 0 Å². The third-order valence-electron chi connectivity index (χ3n) is 3.23. The van der Waals surface area contributed by atoms with Gasteiger partial charge in [-0.25, -0.2) is 0 Å². The molecule has 2 rings (SSSR count). The fourth-order valence-electron chi connectivity index (χ4n) is 2.27. The molecule has 1 aromatic carbocycles. The molecular formula is C14H15F3O2. The number of alkyl halides is 3. The minimum Gasteiger partial charge on any atom is -0.490 e. The molecule has 2 nitrogen and oxygen atoms in total. The molecule has 1 aliphatic rings. The lowest BCUT2D eigenvalue weighted by molar-refractivity contribution is -0.0887. The van der Waals surface area contributed by atoms with Gasteiger partial charge in [0.15, 0.2) is 0 Å². The van der Waals surface area contributed by atoms with Gasteiger partial charge in [-0.15, -0.1) is 0 Å². The van der Waals surface area contributed by atoms with Gasteiger partial charge in [0.05, 0.1) is 11.7 Å². The van der Waals surface area contributed by atoms with Crippen LogP contribution in [0, 0.1) is 0 Å². The molecule has 1 fully saturated rings. The van der Waals surface area contributed by atoms with Crippen molar-refractivity contribution in [2.75, 3.05) is 0 Å². The molecule has 0 aliphatic heterocycles. The molecule has 0 radical (unpaired) electrons. The second-order valence-electron chi connectivity index (χ2n) is 4.70. The average Bonchev–Trinajstić information content (AvgIpc) is 2.39. The van der Waals surface area contributed by atoms with Gasteiger partial charge in [0.2, 0.25) is 0 Å². The number of carbonyl (C=O) groups is 1. The van der Waals surface area contributed by atoms with E-state index in [-0.39, 0.29) is 11.9 Å². The van der Waals surface area contributed by atoms with Crippen LogP contribution in [0.4, 0.5) is 13.2 Å². The van der Waals surface area contributed by atoms with E-state index in [9.17, 15) is 18.0 Å². The summed E-state index contributed by atoms with van der Waals surface area (Å²) in [5, 5.41) is 0. The lowest BCUT2D eigenvalue weighted by atomic mass is 9.97. The van der Waals surface area contributed by atoms with Gasteiger partial charge in [0.1, 0.15) is 5.75 Å². The molecule has 1 saturated carbocycles. The van der Waals surface area contributed by atoms with Crippen LogP contribution in [0.25, 0.3) is 0 Å². The van der Waals surface area contributed by atoms with Crippen LogP contribution in [-0.4, -0.2) is 18.1 Å². The van der Waals surface area contributed by atoms with E-state index in [1.807, 2.05) is 0 Å². The first-order valence-electron chi connectivity index (χ1n) is 6.35. The highest BCUT2D eigenvalue weighted by Gasteiger charge is 2.40. The van der Waals surface area contributed by atoms with Gasteiger partial charge in [-0.2, -0.15) is 13.2 Å². The minimum absolute atomic E-state index is 0.0386. The Labute approximate surface area is 109 Å². The molecule has 104 valence electrons. The number of ether oxygens (including phenoxy) is 1. The lowest BCUT2D eigenvalue weighted by Gasteiger charge is -2.24. The minimum atomic E-state index is -4.87. The maximum Gasteiger partial charge on any atom is 0.455 e. The number of rotatable bonds is 3. The first-order chi connectivity index (χ1) is 8.98. The maximum atomic E-state index is 12.5. The van der Waals surface area contributed by atoms with Gasteiger partial charge in [0, 0.05) is 0 Å². The van der Waals surface area contributed by atoms with Crippen LogP contribution in [0.15, 0.2) is 24.3 Å². The summed E-state index contributed by atoms with van der Waals surface area (Å²) in [6.45, 7) is 0. The summed E-state index contributed by atoms with van der Waals surface area (Å²) in [6.07, 6.45) is -0.144. The number of hydrogen-bond donors (Lipinski definition) is 0. The van der Waals surface area contributed by atoms with Crippen LogP contribution in [0.1, 0.15) is 42.5 Å². The molecule has 19 heavy (non-hydrogen) atoms. The van der Waals surface area contributed by atoms with Gasteiger partial charge < -0.3 is 4.74 Å². The van der Waals surface area contributed by atoms with E-state index in [0.717, 1.165) is 38.2 Å². The van der Waals surface area contributed by atoms with Crippen molar-refractivity contribution in [3.63, 3.8) is 0 Å². The van der Waals surface area contributed by atoms with Gasteiger partial charge in [-0.1, -0.05) is 18.6 Å². The number of benzene rings is 1. The normalized spacial score (nSPS) is 17.2. The Morgan fingerprint density at radius 2 is 1.74 bits per heavy atom. The fourth-order valence-corrected chi connectivity index (χ4v) is 2.27. The van der Waals surface area contributed by atoms with Crippen LogP contribution in [0.5, 0.6) is 5.75 Å². The van der Waals surface area contributed by atoms with E-state index >= 15 is 0 Å². The zero-order valence-electron chi connectivity index (χ0n) is 10.4. The van der Waals surface area contributed by atoms with Gasteiger partial charge >= 0.3 is 6.18 Å². The fraction of sp³-hybridized carbons (Fsp3) is 0.500. The largest absolute Gasteiger partial charge is 0.490 e. The topological polar surface area (TPSA) is 26.3 Å². The Bertz CT molecular complexity index is 448. The van der Waals surface area contributed by atoms with E-state index in [0.29, 0.717) is 0 Å². The predicted octanol–water partition coefficient (Wildman–Crippen LogP) is 4.14. The summed E-state index contributed by atoms with van der Waals surface area (Å²) < 4.78 is 43.0. The SMILES string of the molecule is O=C(c1ccccc1OC1CCCCC1)C(F)(F)F. The van der Waals surface area contributed by atoms with Crippen LogP contribution in [0.2, 0.25) is 0 Å². The standard InChI is InChI=1S/C14H15F3O2/c15-14(16,17)13(18)11-8-4-5-9-12(11)19-10-6-2-1-3-7-10/h4-5,8-10H,1-3,6-7H2. The van der Waals surface area contributed by atoms with Crippen LogP contribution in [-0.2, 0) is 0 Å². The first-order valence-corrected chi connectivity index (χ1v) is 6.35. The molecule has 1 aliphatic carbocycles. The Kier molecular flexibility index (Phi) is 4.12. The number of ketones is 1. The first kappa shape index (κ1) is 13.9. The van der Waals surface area contributed by atoms with Crippen LogP contribution >= 0.6 is 0 Å². The van der Waals surface area contributed by atoms with E-state index in [4.69, 9.17) is 4.74 Å². The molecule has 0 N–H and O–H groups in total. The molecule has 0 bridgehead atoms. The van der Waals surface area contributed by atoms with Crippen LogP contribution < -0.4 is 4.74 Å². The monoisotopic (exact) mass is 272 g/mol. The molecule has 1 aromatic rings. The zero-order valence-corrected chi connectivity index (χ0v) is 10.4. The van der Waals surface area contributed by atoms with E-state index in [1.54, 1.807) is 6.07 Å². The number of hydrogen-bond acceptors (Lipinski definition) is 2. The number of para-hydroxylation sites is 1. The molecule has 5 heteroatoms.